The standard InChI is InChI=1S/C15H16N4O3/c16-9-12-3-1-2-4-14(12)18-11-13(10-17)15(22)19(5-7-20)6-8-21/h1-4,11,18,20-21H,5-8H2/b13-11-. The number of aliphatic hydroxyl groups is 2. The Morgan fingerprint density at radius 3 is 2.41 bits per heavy atom. The van der Waals surface area contributed by atoms with Crippen molar-refractivity contribution in [1.29, 1.82) is 10.5 Å². The lowest BCUT2D eigenvalue weighted by Crippen LogP contribution is -2.36. The lowest BCUT2D eigenvalue weighted by atomic mass is 10.2. The Bertz CT molecular complexity index is 622. The van der Waals surface area contributed by atoms with Crippen molar-refractivity contribution in [3.63, 3.8) is 0 Å². The summed E-state index contributed by atoms with van der Waals surface area (Å²) in [5.74, 6) is -0.604. The van der Waals surface area contributed by atoms with Gasteiger partial charge in [-0.15, -0.1) is 0 Å². The highest BCUT2D eigenvalue weighted by Gasteiger charge is 2.17. The summed E-state index contributed by atoms with van der Waals surface area (Å²) in [6.45, 7) is -0.495. The van der Waals surface area contributed by atoms with E-state index in [4.69, 9.17) is 20.7 Å². The monoisotopic (exact) mass is 300 g/mol. The van der Waals surface area contributed by atoms with Crippen LogP contribution in [0.1, 0.15) is 5.56 Å². The molecule has 0 bridgehead atoms. The van der Waals surface area contributed by atoms with Gasteiger partial charge in [0.25, 0.3) is 5.91 Å². The van der Waals surface area contributed by atoms with Gasteiger partial charge in [-0.3, -0.25) is 4.79 Å². The number of aliphatic hydroxyl groups excluding tert-OH is 2. The molecular formula is C15H16N4O3. The number of amides is 1. The molecule has 114 valence electrons. The van der Waals surface area contributed by atoms with Gasteiger partial charge >= 0.3 is 0 Å². The number of rotatable bonds is 7. The molecular weight excluding hydrogens is 284 g/mol. The van der Waals surface area contributed by atoms with Crippen molar-refractivity contribution < 1.29 is 15.0 Å². The largest absolute Gasteiger partial charge is 0.395 e. The third-order valence-corrected chi connectivity index (χ3v) is 2.80. The molecule has 1 rings (SSSR count). The topological polar surface area (TPSA) is 120 Å². The number of hydrogen-bond acceptors (Lipinski definition) is 6. The summed E-state index contributed by atoms with van der Waals surface area (Å²) >= 11 is 0. The van der Waals surface area contributed by atoms with Gasteiger partial charge in [-0.1, -0.05) is 12.1 Å². The van der Waals surface area contributed by atoms with E-state index >= 15 is 0 Å². The fourth-order valence-corrected chi connectivity index (χ4v) is 1.72. The van der Waals surface area contributed by atoms with Crippen molar-refractivity contribution in [1.82, 2.24) is 4.90 Å². The van der Waals surface area contributed by atoms with Crippen molar-refractivity contribution in [2.75, 3.05) is 31.6 Å². The van der Waals surface area contributed by atoms with Crippen LogP contribution in [0, 0.1) is 22.7 Å². The van der Waals surface area contributed by atoms with Crippen LogP contribution in [-0.4, -0.2) is 47.3 Å². The molecule has 0 unspecified atom stereocenters. The van der Waals surface area contributed by atoms with Crippen LogP contribution in [0.15, 0.2) is 36.0 Å². The molecule has 0 spiro atoms. The molecule has 0 atom stereocenters. The summed E-state index contributed by atoms with van der Waals surface area (Å²) in [6, 6.07) is 10.4. The summed E-state index contributed by atoms with van der Waals surface area (Å²) in [4.78, 5) is 13.3. The van der Waals surface area contributed by atoms with Gasteiger partial charge in [0.1, 0.15) is 17.7 Å². The van der Waals surface area contributed by atoms with E-state index in [-0.39, 0.29) is 31.9 Å². The second kappa shape index (κ2) is 9.14. The van der Waals surface area contributed by atoms with Crippen LogP contribution in [0.4, 0.5) is 5.69 Å². The predicted molar refractivity (Wildman–Crippen MR) is 79.2 cm³/mol. The Morgan fingerprint density at radius 1 is 1.23 bits per heavy atom. The summed E-state index contributed by atoms with van der Waals surface area (Å²) in [5.41, 5.74) is 0.669. The van der Waals surface area contributed by atoms with E-state index in [9.17, 15) is 4.79 Å². The first-order valence-corrected chi connectivity index (χ1v) is 6.54. The van der Waals surface area contributed by atoms with Crippen LogP contribution in [0.25, 0.3) is 0 Å². The molecule has 0 aliphatic rings. The SMILES string of the molecule is N#C/C(=C/Nc1ccccc1C#N)C(=O)N(CCO)CCO. The van der Waals surface area contributed by atoms with E-state index < -0.39 is 5.91 Å². The van der Waals surface area contributed by atoms with E-state index in [2.05, 4.69) is 5.32 Å². The van der Waals surface area contributed by atoms with Gasteiger partial charge in [0, 0.05) is 19.3 Å². The quantitative estimate of drug-likeness (QED) is 0.488. The normalized spacial score (nSPS) is 10.5. The number of nitrogens with zero attached hydrogens (tertiary/aromatic N) is 3. The summed E-state index contributed by atoms with van der Waals surface area (Å²) < 4.78 is 0. The number of nitrogens with one attached hydrogen (secondary N) is 1. The number of para-hydroxylation sites is 1. The highest BCUT2D eigenvalue weighted by molar-refractivity contribution is 5.97. The molecule has 0 radical (unpaired) electrons. The minimum atomic E-state index is -0.604. The van der Waals surface area contributed by atoms with E-state index in [1.807, 2.05) is 6.07 Å². The predicted octanol–water partition coefficient (Wildman–Crippen LogP) is 0.191. The molecule has 3 N–H and O–H groups in total. The highest BCUT2D eigenvalue weighted by Crippen LogP contribution is 2.14. The third kappa shape index (κ3) is 4.60. The van der Waals surface area contributed by atoms with Gasteiger partial charge in [0.2, 0.25) is 0 Å². The lowest BCUT2D eigenvalue weighted by Gasteiger charge is -2.20. The Morgan fingerprint density at radius 2 is 1.86 bits per heavy atom. The molecule has 7 nitrogen and oxygen atoms in total. The fraction of sp³-hybridized carbons (Fsp3) is 0.267. The highest BCUT2D eigenvalue weighted by atomic mass is 16.3. The zero-order valence-corrected chi connectivity index (χ0v) is 11.9. The lowest BCUT2D eigenvalue weighted by molar-refractivity contribution is -0.127. The number of hydrogen-bond donors (Lipinski definition) is 3. The fourth-order valence-electron chi connectivity index (χ4n) is 1.72. The molecule has 0 aromatic heterocycles. The van der Waals surface area contributed by atoms with Gasteiger partial charge < -0.3 is 20.4 Å². The zero-order chi connectivity index (χ0) is 16.4. The minimum absolute atomic E-state index is 0.0210. The second-order valence-electron chi connectivity index (χ2n) is 4.21. The number of benzene rings is 1. The molecule has 0 aliphatic carbocycles. The number of anilines is 1. The molecule has 1 aromatic rings. The summed E-state index contributed by atoms with van der Waals surface area (Å²) in [7, 11) is 0. The molecule has 0 heterocycles. The average molecular weight is 300 g/mol. The molecule has 0 saturated heterocycles. The van der Waals surface area contributed by atoms with Crippen LogP contribution in [-0.2, 0) is 4.79 Å². The van der Waals surface area contributed by atoms with E-state index in [1.165, 1.54) is 11.1 Å². The first kappa shape index (κ1) is 17.2. The van der Waals surface area contributed by atoms with E-state index in [0.717, 1.165) is 0 Å². The van der Waals surface area contributed by atoms with Gasteiger partial charge in [-0.2, -0.15) is 10.5 Å². The van der Waals surface area contributed by atoms with Crippen LogP contribution >= 0.6 is 0 Å². The number of carbonyl (C=O) groups excluding carboxylic acids is 1. The Hall–Kier alpha value is -2.87. The second-order valence-corrected chi connectivity index (χ2v) is 4.21. The summed E-state index contributed by atoms with van der Waals surface area (Å²) in [5, 5.41) is 38.6. The van der Waals surface area contributed by atoms with E-state index in [0.29, 0.717) is 11.3 Å². The first-order chi connectivity index (χ1) is 10.7. The van der Waals surface area contributed by atoms with Crippen LogP contribution in [0.3, 0.4) is 0 Å². The zero-order valence-electron chi connectivity index (χ0n) is 11.9. The van der Waals surface area contributed by atoms with Crippen LogP contribution in [0.2, 0.25) is 0 Å². The summed E-state index contributed by atoms with van der Waals surface area (Å²) in [6.07, 6.45) is 1.21. The maximum Gasteiger partial charge on any atom is 0.266 e. The van der Waals surface area contributed by atoms with Gasteiger partial charge in [-0.05, 0) is 12.1 Å². The minimum Gasteiger partial charge on any atom is -0.395 e. The van der Waals surface area contributed by atoms with Crippen molar-refractivity contribution >= 4 is 11.6 Å². The van der Waals surface area contributed by atoms with E-state index in [1.54, 1.807) is 30.3 Å². The molecule has 0 saturated carbocycles. The number of carbonyl (C=O) groups is 1. The van der Waals surface area contributed by atoms with Gasteiger partial charge in [0.05, 0.1) is 24.5 Å². The molecule has 1 amide bonds. The Balaban J connectivity index is 2.93. The maximum atomic E-state index is 12.1. The smallest absolute Gasteiger partial charge is 0.266 e. The Kier molecular flexibility index (Phi) is 7.14. The van der Waals surface area contributed by atoms with Crippen molar-refractivity contribution in [2.24, 2.45) is 0 Å². The van der Waals surface area contributed by atoms with Gasteiger partial charge in [0.15, 0.2) is 0 Å². The number of nitriles is 2. The molecule has 0 fully saturated rings. The van der Waals surface area contributed by atoms with Crippen molar-refractivity contribution in [2.45, 2.75) is 0 Å². The van der Waals surface area contributed by atoms with Crippen LogP contribution in [0.5, 0.6) is 0 Å². The molecule has 22 heavy (non-hydrogen) atoms. The molecule has 1 aromatic carbocycles. The van der Waals surface area contributed by atoms with Crippen LogP contribution < -0.4 is 5.32 Å². The van der Waals surface area contributed by atoms with Crippen molar-refractivity contribution in [3.8, 4) is 12.1 Å². The van der Waals surface area contributed by atoms with Gasteiger partial charge in [-0.25, -0.2) is 0 Å². The van der Waals surface area contributed by atoms with Crippen molar-refractivity contribution in [3.05, 3.63) is 41.6 Å². The third-order valence-electron chi connectivity index (χ3n) is 2.80. The molecule has 0 aliphatic heterocycles. The Labute approximate surface area is 128 Å². The first-order valence-electron chi connectivity index (χ1n) is 6.54. The average Bonchev–Trinajstić information content (AvgIpc) is 2.55. The maximum absolute atomic E-state index is 12.1. The molecule has 7 heteroatoms.